The van der Waals surface area contributed by atoms with Crippen LogP contribution in [0.25, 0.3) is 5.57 Å². The lowest BCUT2D eigenvalue weighted by Gasteiger charge is -2.12. The molecule has 2 nitrogen and oxygen atoms in total. The maximum Gasteiger partial charge on any atom is 0.179 e. The lowest BCUT2D eigenvalue weighted by Crippen LogP contribution is -2.19. The van der Waals surface area contributed by atoms with Gasteiger partial charge in [-0.15, -0.1) is 0 Å². The van der Waals surface area contributed by atoms with Gasteiger partial charge in [0.2, 0.25) is 0 Å². The standard InChI is InChI=1S/C14H15ClFNOS/c1-7(2)13-12(18)10(14(17-3)19-13)8-5-4-6-9(16)11(8)15/h4-7,13,17H,1-3H3. The van der Waals surface area contributed by atoms with Crippen molar-refractivity contribution in [2.24, 2.45) is 5.92 Å². The highest BCUT2D eigenvalue weighted by molar-refractivity contribution is 8.05. The molecule has 0 fully saturated rings. The van der Waals surface area contributed by atoms with Gasteiger partial charge in [-0.2, -0.15) is 0 Å². The van der Waals surface area contributed by atoms with Gasteiger partial charge in [-0.25, -0.2) is 4.39 Å². The van der Waals surface area contributed by atoms with E-state index < -0.39 is 5.82 Å². The van der Waals surface area contributed by atoms with E-state index in [4.69, 9.17) is 11.6 Å². The molecule has 0 aliphatic carbocycles. The summed E-state index contributed by atoms with van der Waals surface area (Å²) in [6, 6.07) is 4.54. The molecule has 0 spiro atoms. The molecule has 0 saturated carbocycles. The van der Waals surface area contributed by atoms with Crippen molar-refractivity contribution in [2.45, 2.75) is 19.1 Å². The Kier molecular flexibility index (Phi) is 4.21. The topological polar surface area (TPSA) is 29.1 Å². The Hall–Kier alpha value is -1.000. The fourth-order valence-corrected chi connectivity index (χ4v) is 3.49. The van der Waals surface area contributed by atoms with Crippen molar-refractivity contribution in [3.05, 3.63) is 39.6 Å². The van der Waals surface area contributed by atoms with Crippen molar-refractivity contribution >= 4 is 34.7 Å². The summed E-state index contributed by atoms with van der Waals surface area (Å²) in [5.41, 5.74) is 0.961. The molecule has 1 aliphatic rings. The van der Waals surface area contributed by atoms with Crippen LogP contribution in [0.5, 0.6) is 0 Å². The number of Topliss-reactive ketones (excluding diaryl/α,β-unsaturated/α-hetero) is 1. The third-order valence-electron chi connectivity index (χ3n) is 3.03. The summed E-state index contributed by atoms with van der Waals surface area (Å²) in [5, 5.41) is 3.64. The molecule has 1 N–H and O–H groups in total. The molecule has 1 atom stereocenters. The van der Waals surface area contributed by atoms with E-state index in [1.165, 1.54) is 17.8 Å². The van der Waals surface area contributed by atoms with E-state index in [1.54, 1.807) is 19.2 Å². The van der Waals surface area contributed by atoms with E-state index in [-0.39, 0.29) is 22.0 Å². The zero-order chi connectivity index (χ0) is 14.2. The van der Waals surface area contributed by atoms with E-state index in [2.05, 4.69) is 5.32 Å². The van der Waals surface area contributed by atoms with Gasteiger partial charge in [0.25, 0.3) is 0 Å². The van der Waals surface area contributed by atoms with Crippen LogP contribution in [-0.2, 0) is 4.79 Å². The average molecular weight is 300 g/mol. The van der Waals surface area contributed by atoms with Crippen LogP contribution in [-0.4, -0.2) is 18.1 Å². The van der Waals surface area contributed by atoms with Gasteiger partial charge in [0.15, 0.2) is 5.78 Å². The van der Waals surface area contributed by atoms with Crippen molar-refractivity contribution in [1.29, 1.82) is 0 Å². The first-order valence-corrected chi connectivity index (χ1v) is 7.30. The number of allylic oxidation sites excluding steroid dienone is 1. The Morgan fingerprint density at radius 3 is 2.68 bits per heavy atom. The maximum atomic E-state index is 13.6. The minimum atomic E-state index is -0.507. The molecular formula is C14H15ClFNOS. The molecular weight excluding hydrogens is 285 g/mol. The summed E-state index contributed by atoms with van der Waals surface area (Å²) in [6.07, 6.45) is 0. The van der Waals surface area contributed by atoms with Crippen LogP contribution in [0.15, 0.2) is 23.2 Å². The van der Waals surface area contributed by atoms with Crippen molar-refractivity contribution in [3.63, 3.8) is 0 Å². The van der Waals surface area contributed by atoms with Gasteiger partial charge in [-0.3, -0.25) is 4.79 Å². The minimum Gasteiger partial charge on any atom is -0.382 e. The summed E-state index contributed by atoms with van der Waals surface area (Å²) in [5.74, 6) is -0.282. The lowest BCUT2D eigenvalue weighted by molar-refractivity contribution is -0.113. The molecule has 1 unspecified atom stereocenters. The predicted octanol–water partition coefficient (Wildman–Crippen LogP) is 3.71. The monoisotopic (exact) mass is 299 g/mol. The molecule has 2 rings (SSSR count). The second-order valence-electron chi connectivity index (χ2n) is 4.70. The molecule has 0 bridgehead atoms. The van der Waals surface area contributed by atoms with Crippen LogP contribution in [0.2, 0.25) is 5.02 Å². The first kappa shape index (κ1) is 14.4. The molecule has 1 aromatic rings. The molecule has 5 heteroatoms. The number of hydrogen-bond acceptors (Lipinski definition) is 3. The third-order valence-corrected chi connectivity index (χ3v) is 5.07. The van der Waals surface area contributed by atoms with Crippen LogP contribution in [0.1, 0.15) is 19.4 Å². The SMILES string of the molecule is CNC1=C(c2cccc(F)c2Cl)C(=O)C(C(C)C)S1. The first-order chi connectivity index (χ1) is 8.97. The van der Waals surface area contributed by atoms with E-state index in [1.807, 2.05) is 13.8 Å². The van der Waals surface area contributed by atoms with Gasteiger partial charge in [0.05, 0.1) is 20.9 Å². The van der Waals surface area contributed by atoms with E-state index in [0.29, 0.717) is 11.1 Å². The van der Waals surface area contributed by atoms with Gasteiger partial charge in [-0.1, -0.05) is 49.3 Å². The Morgan fingerprint density at radius 2 is 2.11 bits per heavy atom. The van der Waals surface area contributed by atoms with Crippen molar-refractivity contribution in [3.8, 4) is 0 Å². The smallest absolute Gasteiger partial charge is 0.179 e. The molecule has 0 radical (unpaired) electrons. The first-order valence-electron chi connectivity index (χ1n) is 6.04. The number of carbonyl (C=O) groups excluding carboxylic acids is 1. The molecule has 19 heavy (non-hydrogen) atoms. The number of thioether (sulfide) groups is 1. The number of benzene rings is 1. The molecule has 0 amide bonds. The van der Waals surface area contributed by atoms with Crippen molar-refractivity contribution < 1.29 is 9.18 Å². The Bertz CT molecular complexity index is 556. The highest BCUT2D eigenvalue weighted by atomic mass is 35.5. The van der Waals surface area contributed by atoms with Crippen LogP contribution in [0.3, 0.4) is 0 Å². The van der Waals surface area contributed by atoms with Crippen LogP contribution in [0, 0.1) is 11.7 Å². The second kappa shape index (κ2) is 5.55. The molecule has 1 aromatic carbocycles. The minimum absolute atomic E-state index is 0.00334. The summed E-state index contributed by atoms with van der Waals surface area (Å²) >= 11 is 7.47. The van der Waals surface area contributed by atoms with E-state index >= 15 is 0 Å². The van der Waals surface area contributed by atoms with E-state index in [9.17, 15) is 9.18 Å². The number of hydrogen-bond donors (Lipinski definition) is 1. The maximum absolute atomic E-state index is 13.6. The zero-order valence-electron chi connectivity index (χ0n) is 11.0. The second-order valence-corrected chi connectivity index (χ2v) is 6.23. The Labute approximate surface area is 121 Å². The number of rotatable bonds is 3. The normalized spacial score (nSPS) is 19.5. The number of nitrogens with one attached hydrogen (secondary N) is 1. The Balaban J connectivity index is 2.53. The van der Waals surface area contributed by atoms with Crippen molar-refractivity contribution in [1.82, 2.24) is 5.32 Å². The molecule has 0 saturated heterocycles. The fourth-order valence-electron chi connectivity index (χ4n) is 2.07. The van der Waals surface area contributed by atoms with Gasteiger partial charge >= 0.3 is 0 Å². The van der Waals surface area contributed by atoms with Gasteiger partial charge in [-0.05, 0) is 12.0 Å². The summed E-state index contributed by atoms with van der Waals surface area (Å²) < 4.78 is 13.6. The van der Waals surface area contributed by atoms with Crippen molar-refractivity contribution in [2.75, 3.05) is 7.05 Å². The quantitative estimate of drug-likeness (QED) is 0.922. The average Bonchev–Trinajstić information content (AvgIpc) is 2.70. The predicted molar refractivity (Wildman–Crippen MR) is 78.6 cm³/mol. The summed E-state index contributed by atoms with van der Waals surface area (Å²) in [7, 11) is 1.76. The van der Waals surface area contributed by atoms with Crippen LogP contribution >= 0.6 is 23.4 Å². The largest absolute Gasteiger partial charge is 0.382 e. The fraction of sp³-hybridized carbons (Fsp3) is 0.357. The number of carbonyl (C=O) groups is 1. The zero-order valence-corrected chi connectivity index (χ0v) is 12.5. The van der Waals surface area contributed by atoms with Crippen LogP contribution in [0.4, 0.5) is 4.39 Å². The van der Waals surface area contributed by atoms with Gasteiger partial charge in [0.1, 0.15) is 5.82 Å². The lowest BCUT2D eigenvalue weighted by atomic mass is 9.96. The number of halogens is 2. The molecule has 1 heterocycles. The van der Waals surface area contributed by atoms with E-state index in [0.717, 1.165) is 5.03 Å². The molecule has 0 aromatic heterocycles. The van der Waals surface area contributed by atoms with Gasteiger partial charge in [0, 0.05) is 12.6 Å². The highest BCUT2D eigenvalue weighted by Gasteiger charge is 2.37. The molecule has 102 valence electrons. The van der Waals surface area contributed by atoms with Gasteiger partial charge < -0.3 is 5.32 Å². The highest BCUT2D eigenvalue weighted by Crippen LogP contribution is 2.43. The summed E-state index contributed by atoms with van der Waals surface area (Å²) in [4.78, 5) is 12.5. The number of ketones is 1. The summed E-state index contributed by atoms with van der Waals surface area (Å²) in [6.45, 7) is 4.00. The molecule has 1 aliphatic heterocycles. The third kappa shape index (κ3) is 2.51. The van der Waals surface area contributed by atoms with Crippen LogP contribution < -0.4 is 5.32 Å². The Morgan fingerprint density at radius 1 is 1.42 bits per heavy atom.